The van der Waals surface area contributed by atoms with Gasteiger partial charge in [0.15, 0.2) is 5.58 Å². The minimum atomic E-state index is 0.643. The van der Waals surface area contributed by atoms with E-state index in [4.69, 9.17) is 9.40 Å². The predicted octanol–water partition coefficient (Wildman–Crippen LogP) is 9.41. The second-order valence-corrected chi connectivity index (χ2v) is 9.64. The largest absolute Gasteiger partial charge is 0.436 e. The molecule has 0 aliphatic rings. The number of fused-ring (bicyclic) bond motifs is 5. The van der Waals surface area contributed by atoms with Crippen molar-refractivity contribution in [2.75, 3.05) is 0 Å². The van der Waals surface area contributed by atoms with E-state index in [0.717, 1.165) is 27.9 Å². The first-order valence-electron chi connectivity index (χ1n) is 12.8. The van der Waals surface area contributed by atoms with Crippen molar-refractivity contribution in [2.45, 2.75) is 0 Å². The SMILES string of the molecule is c1ccc2c(-c3ccc(-n4c5ccccc5c5cc(-c6nc7ccccc7o6)ccc54)cc3)cccc2c1. The highest BCUT2D eigenvalue weighted by atomic mass is 16.3. The fourth-order valence-electron chi connectivity index (χ4n) is 5.65. The first-order chi connectivity index (χ1) is 18.8. The van der Waals surface area contributed by atoms with Crippen molar-refractivity contribution in [3.8, 4) is 28.3 Å². The Labute approximate surface area is 219 Å². The molecule has 0 aliphatic carbocycles. The van der Waals surface area contributed by atoms with Crippen molar-refractivity contribution in [3.63, 3.8) is 0 Å². The monoisotopic (exact) mass is 486 g/mol. The Hall–Kier alpha value is -5.15. The summed E-state index contributed by atoms with van der Waals surface area (Å²) in [5.74, 6) is 0.643. The summed E-state index contributed by atoms with van der Waals surface area (Å²) in [5, 5.41) is 4.91. The lowest BCUT2D eigenvalue weighted by Crippen LogP contribution is -1.94. The van der Waals surface area contributed by atoms with Crippen molar-refractivity contribution < 1.29 is 4.42 Å². The first kappa shape index (κ1) is 21.0. The molecule has 6 aromatic carbocycles. The lowest BCUT2D eigenvalue weighted by molar-refractivity contribution is 0.620. The van der Waals surface area contributed by atoms with Crippen LogP contribution in [-0.2, 0) is 0 Å². The van der Waals surface area contributed by atoms with Crippen LogP contribution >= 0.6 is 0 Å². The van der Waals surface area contributed by atoms with E-state index in [0.29, 0.717) is 5.89 Å². The molecule has 0 unspecified atom stereocenters. The van der Waals surface area contributed by atoms with E-state index < -0.39 is 0 Å². The summed E-state index contributed by atoms with van der Waals surface area (Å²) in [6.07, 6.45) is 0. The van der Waals surface area contributed by atoms with Gasteiger partial charge < -0.3 is 8.98 Å². The third-order valence-corrected chi connectivity index (χ3v) is 7.44. The smallest absolute Gasteiger partial charge is 0.227 e. The van der Waals surface area contributed by atoms with Gasteiger partial charge in [-0.25, -0.2) is 4.98 Å². The van der Waals surface area contributed by atoms with Crippen molar-refractivity contribution in [1.29, 1.82) is 0 Å². The van der Waals surface area contributed by atoms with Crippen molar-refractivity contribution in [2.24, 2.45) is 0 Å². The quantitative estimate of drug-likeness (QED) is 0.249. The number of benzene rings is 6. The topological polar surface area (TPSA) is 31.0 Å². The van der Waals surface area contributed by atoms with Gasteiger partial charge in [0.2, 0.25) is 5.89 Å². The third-order valence-electron chi connectivity index (χ3n) is 7.44. The Balaban J connectivity index is 1.28. The Morgan fingerprint density at radius 1 is 0.526 bits per heavy atom. The fourth-order valence-corrected chi connectivity index (χ4v) is 5.65. The molecule has 2 heterocycles. The molecule has 8 rings (SSSR count). The number of hydrogen-bond acceptors (Lipinski definition) is 2. The Bertz CT molecular complexity index is 2090. The molecule has 38 heavy (non-hydrogen) atoms. The number of hydrogen-bond donors (Lipinski definition) is 0. The summed E-state index contributed by atoms with van der Waals surface area (Å²) in [7, 11) is 0. The molecule has 3 nitrogen and oxygen atoms in total. The molecule has 0 spiro atoms. The molecule has 8 aromatic rings. The Morgan fingerprint density at radius 3 is 2.13 bits per heavy atom. The Morgan fingerprint density at radius 2 is 1.24 bits per heavy atom. The van der Waals surface area contributed by atoms with Gasteiger partial charge in [-0.15, -0.1) is 0 Å². The molecule has 0 N–H and O–H groups in total. The van der Waals surface area contributed by atoms with Gasteiger partial charge in [0.05, 0.1) is 11.0 Å². The number of nitrogens with zero attached hydrogens (tertiary/aromatic N) is 2. The van der Waals surface area contributed by atoms with E-state index in [1.54, 1.807) is 0 Å². The molecule has 0 aliphatic heterocycles. The standard InChI is InChI=1S/C35H22N2O/c1-2-10-27-23(8-1)9-7-12-28(27)24-16-19-26(20-17-24)37-32-14-5-3-11-29(32)30-22-25(18-21-33(30)37)35-36-31-13-4-6-15-34(31)38-35/h1-22H. The van der Waals surface area contributed by atoms with Gasteiger partial charge in [-0.3, -0.25) is 0 Å². The van der Waals surface area contributed by atoms with Gasteiger partial charge >= 0.3 is 0 Å². The second kappa shape index (κ2) is 8.19. The summed E-state index contributed by atoms with van der Waals surface area (Å²) in [4.78, 5) is 4.72. The summed E-state index contributed by atoms with van der Waals surface area (Å²) >= 11 is 0. The summed E-state index contributed by atoms with van der Waals surface area (Å²) in [6.45, 7) is 0. The number of oxazole rings is 1. The second-order valence-electron chi connectivity index (χ2n) is 9.64. The zero-order valence-corrected chi connectivity index (χ0v) is 20.5. The van der Waals surface area contributed by atoms with E-state index in [-0.39, 0.29) is 0 Å². The van der Waals surface area contributed by atoms with Crippen molar-refractivity contribution >= 4 is 43.7 Å². The third kappa shape index (κ3) is 3.19. The average molecular weight is 487 g/mol. The van der Waals surface area contributed by atoms with Crippen LogP contribution in [0, 0.1) is 0 Å². The molecule has 0 saturated heterocycles. The van der Waals surface area contributed by atoms with Crippen LogP contribution in [-0.4, -0.2) is 9.55 Å². The molecule has 0 atom stereocenters. The molecular weight excluding hydrogens is 464 g/mol. The zero-order chi connectivity index (χ0) is 25.1. The van der Waals surface area contributed by atoms with E-state index >= 15 is 0 Å². The Kier molecular flexibility index (Phi) is 4.52. The minimum Gasteiger partial charge on any atom is -0.436 e. The molecular formula is C35H22N2O. The maximum Gasteiger partial charge on any atom is 0.227 e. The van der Waals surface area contributed by atoms with Gasteiger partial charge in [-0.1, -0.05) is 84.9 Å². The fraction of sp³-hybridized carbons (Fsp3) is 0. The van der Waals surface area contributed by atoms with Crippen molar-refractivity contribution in [3.05, 3.63) is 133 Å². The normalized spacial score (nSPS) is 11.7. The van der Waals surface area contributed by atoms with E-state index in [1.165, 1.54) is 38.2 Å². The summed E-state index contributed by atoms with van der Waals surface area (Å²) in [6, 6.07) is 46.9. The molecule has 2 aromatic heterocycles. The molecule has 178 valence electrons. The summed E-state index contributed by atoms with van der Waals surface area (Å²) in [5.41, 5.74) is 8.58. The molecule has 0 fully saturated rings. The van der Waals surface area contributed by atoms with Crippen LogP contribution in [0.2, 0.25) is 0 Å². The van der Waals surface area contributed by atoms with Gasteiger partial charge in [-0.05, 0) is 70.4 Å². The van der Waals surface area contributed by atoms with E-state index in [1.807, 2.05) is 24.3 Å². The van der Waals surface area contributed by atoms with E-state index in [9.17, 15) is 0 Å². The predicted molar refractivity (Wildman–Crippen MR) is 157 cm³/mol. The lowest BCUT2D eigenvalue weighted by Gasteiger charge is -2.11. The maximum atomic E-state index is 6.07. The first-order valence-corrected chi connectivity index (χ1v) is 12.8. The number of para-hydroxylation sites is 3. The molecule has 0 amide bonds. The van der Waals surface area contributed by atoms with Crippen LogP contribution in [0.15, 0.2) is 138 Å². The van der Waals surface area contributed by atoms with Crippen molar-refractivity contribution in [1.82, 2.24) is 9.55 Å². The van der Waals surface area contributed by atoms with Gasteiger partial charge in [0, 0.05) is 22.0 Å². The van der Waals surface area contributed by atoms with Gasteiger partial charge in [-0.2, -0.15) is 0 Å². The average Bonchev–Trinajstić information content (AvgIpc) is 3.56. The van der Waals surface area contributed by atoms with Gasteiger partial charge in [0.1, 0.15) is 5.52 Å². The van der Waals surface area contributed by atoms with Crippen LogP contribution < -0.4 is 0 Å². The molecule has 0 saturated carbocycles. The number of aromatic nitrogens is 2. The zero-order valence-electron chi connectivity index (χ0n) is 20.5. The molecule has 0 bridgehead atoms. The highest BCUT2D eigenvalue weighted by Crippen LogP contribution is 2.36. The minimum absolute atomic E-state index is 0.643. The highest BCUT2D eigenvalue weighted by Gasteiger charge is 2.15. The number of rotatable bonds is 3. The highest BCUT2D eigenvalue weighted by molar-refractivity contribution is 6.10. The molecule has 3 heteroatoms. The maximum absolute atomic E-state index is 6.07. The summed E-state index contributed by atoms with van der Waals surface area (Å²) < 4.78 is 8.41. The van der Waals surface area contributed by atoms with Gasteiger partial charge in [0.25, 0.3) is 0 Å². The van der Waals surface area contributed by atoms with Crippen LogP contribution in [0.25, 0.3) is 71.9 Å². The lowest BCUT2D eigenvalue weighted by atomic mass is 9.98. The van der Waals surface area contributed by atoms with Crippen LogP contribution in [0.3, 0.4) is 0 Å². The van der Waals surface area contributed by atoms with Crippen LogP contribution in [0.5, 0.6) is 0 Å². The molecule has 0 radical (unpaired) electrons. The van der Waals surface area contributed by atoms with Crippen LogP contribution in [0.1, 0.15) is 0 Å². The van der Waals surface area contributed by atoms with E-state index in [2.05, 4.69) is 114 Å². The van der Waals surface area contributed by atoms with Crippen LogP contribution in [0.4, 0.5) is 0 Å².